The third kappa shape index (κ3) is 5.06. The van der Waals surface area contributed by atoms with Gasteiger partial charge in [-0.05, 0) is 54.4 Å². The predicted octanol–water partition coefficient (Wildman–Crippen LogP) is 5.53. The lowest BCUT2D eigenvalue weighted by Gasteiger charge is -2.18. The molecule has 2 heterocycles. The zero-order valence-corrected chi connectivity index (χ0v) is 21.4. The maximum atomic E-state index is 13.7. The number of likely N-dealkylation sites (N-methyl/N-ethyl adjacent to an activating group) is 1. The molecule has 0 atom stereocenters. The molecule has 0 spiro atoms. The second-order valence-corrected chi connectivity index (χ2v) is 8.87. The molecule has 38 heavy (non-hydrogen) atoms. The zero-order valence-electron chi connectivity index (χ0n) is 21.4. The van der Waals surface area contributed by atoms with Crippen molar-refractivity contribution in [1.29, 1.82) is 0 Å². The van der Waals surface area contributed by atoms with E-state index in [0.29, 0.717) is 35.8 Å². The van der Waals surface area contributed by atoms with Crippen molar-refractivity contribution in [2.24, 2.45) is 0 Å². The molecule has 0 saturated carbocycles. The molecular weight excluding hydrogens is 483 g/mol. The van der Waals surface area contributed by atoms with Crippen LogP contribution in [0, 0.1) is 5.82 Å². The number of carbonyl (C=O) groups excluding carboxylic acids is 1. The third-order valence-electron chi connectivity index (χ3n) is 6.39. The highest BCUT2D eigenvalue weighted by Crippen LogP contribution is 2.28. The highest BCUT2D eigenvalue weighted by molar-refractivity contribution is 5.94. The lowest BCUT2D eigenvalue weighted by molar-refractivity contribution is 0.0791. The highest BCUT2D eigenvalue weighted by atomic mass is 19.1. The van der Waals surface area contributed by atoms with Gasteiger partial charge in [-0.25, -0.2) is 13.9 Å². The summed E-state index contributed by atoms with van der Waals surface area (Å²) in [6, 6.07) is 25.1. The number of fused-ring (bicyclic) bond motifs is 1. The molecule has 0 radical (unpaired) electrons. The zero-order chi connectivity index (χ0) is 26.6. The van der Waals surface area contributed by atoms with E-state index in [2.05, 4.69) is 4.98 Å². The molecule has 0 aliphatic rings. The minimum Gasteiger partial charge on any atom is -0.493 e. The fourth-order valence-electron chi connectivity index (χ4n) is 4.29. The molecule has 0 bridgehead atoms. The Morgan fingerprint density at radius 1 is 0.895 bits per heavy atom. The summed E-state index contributed by atoms with van der Waals surface area (Å²) < 4.78 is 26.0. The van der Waals surface area contributed by atoms with Crippen LogP contribution in [0.3, 0.4) is 0 Å². The van der Waals surface area contributed by atoms with Gasteiger partial charge in [0.1, 0.15) is 11.5 Å². The van der Waals surface area contributed by atoms with Gasteiger partial charge >= 0.3 is 0 Å². The number of nitrogens with zero attached hydrogens (tertiary/aromatic N) is 4. The van der Waals surface area contributed by atoms with Gasteiger partial charge in [-0.2, -0.15) is 5.10 Å². The Morgan fingerprint density at radius 2 is 1.63 bits per heavy atom. The summed E-state index contributed by atoms with van der Waals surface area (Å²) in [7, 11) is 4.94. The number of halogens is 1. The van der Waals surface area contributed by atoms with Gasteiger partial charge in [0, 0.05) is 30.8 Å². The van der Waals surface area contributed by atoms with Crippen molar-refractivity contribution in [3.05, 3.63) is 102 Å². The number of benzene rings is 3. The quantitative estimate of drug-likeness (QED) is 0.274. The van der Waals surface area contributed by atoms with Crippen LogP contribution in [0.4, 0.5) is 4.39 Å². The number of ether oxygens (including phenoxy) is 2. The van der Waals surface area contributed by atoms with E-state index in [-0.39, 0.29) is 17.4 Å². The van der Waals surface area contributed by atoms with Crippen LogP contribution in [0.25, 0.3) is 28.2 Å². The molecule has 192 valence electrons. The van der Waals surface area contributed by atoms with Crippen LogP contribution in [0.15, 0.2) is 84.9 Å². The molecule has 0 aliphatic carbocycles. The molecule has 5 rings (SSSR count). The lowest BCUT2D eigenvalue weighted by Crippen LogP contribution is -2.29. The van der Waals surface area contributed by atoms with E-state index in [1.165, 1.54) is 12.1 Å². The monoisotopic (exact) mass is 510 g/mol. The number of methoxy groups -OCH3 is 2. The van der Waals surface area contributed by atoms with E-state index in [9.17, 15) is 9.18 Å². The van der Waals surface area contributed by atoms with Gasteiger partial charge in [0.05, 0.1) is 25.6 Å². The van der Waals surface area contributed by atoms with E-state index < -0.39 is 0 Å². The summed E-state index contributed by atoms with van der Waals surface area (Å²) in [5.74, 6) is 0.738. The lowest BCUT2D eigenvalue weighted by atomic mass is 10.1. The standard InChI is InChI=1S/C30H27FN4O3/c1-34(16-15-20-9-14-27(37-2)28(17-20)38-3)30(36)25-18-26(22-10-12-23(31)13-11-22)35-29(32-25)19-24(33-35)21-7-5-4-6-8-21/h4-14,17-19H,15-16H2,1-3H3. The van der Waals surface area contributed by atoms with Gasteiger partial charge in [-0.3, -0.25) is 4.79 Å². The van der Waals surface area contributed by atoms with Crippen molar-refractivity contribution in [3.8, 4) is 34.0 Å². The maximum Gasteiger partial charge on any atom is 0.272 e. The summed E-state index contributed by atoms with van der Waals surface area (Å²) in [6.07, 6.45) is 0.625. The fraction of sp³-hybridized carbons (Fsp3) is 0.167. The van der Waals surface area contributed by atoms with E-state index in [1.54, 1.807) is 48.9 Å². The number of rotatable bonds is 8. The normalized spacial score (nSPS) is 10.9. The Hall–Kier alpha value is -4.72. The van der Waals surface area contributed by atoms with Crippen LogP contribution in [0.1, 0.15) is 16.1 Å². The predicted molar refractivity (Wildman–Crippen MR) is 144 cm³/mol. The van der Waals surface area contributed by atoms with Crippen LogP contribution in [0.5, 0.6) is 11.5 Å². The van der Waals surface area contributed by atoms with Crippen molar-refractivity contribution < 1.29 is 18.7 Å². The van der Waals surface area contributed by atoms with Gasteiger partial charge in [0.2, 0.25) is 0 Å². The summed E-state index contributed by atoms with van der Waals surface area (Å²) >= 11 is 0. The molecule has 7 nitrogen and oxygen atoms in total. The molecule has 0 aliphatic heterocycles. The van der Waals surface area contributed by atoms with Crippen LogP contribution in [-0.2, 0) is 6.42 Å². The molecule has 0 fully saturated rings. The van der Waals surface area contributed by atoms with Crippen LogP contribution in [-0.4, -0.2) is 53.2 Å². The SMILES string of the molecule is COc1ccc(CCN(C)C(=O)c2cc(-c3ccc(F)cc3)n3nc(-c4ccccc4)cc3n2)cc1OC. The first-order valence-corrected chi connectivity index (χ1v) is 12.2. The minimum atomic E-state index is -0.337. The molecule has 3 aromatic carbocycles. The average Bonchev–Trinajstić information content (AvgIpc) is 3.40. The van der Waals surface area contributed by atoms with Crippen molar-refractivity contribution in [2.75, 3.05) is 27.8 Å². The summed E-state index contributed by atoms with van der Waals surface area (Å²) in [4.78, 5) is 19.8. The maximum absolute atomic E-state index is 13.7. The molecule has 0 saturated heterocycles. The summed E-state index contributed by atoms with van der Waals surface area (Å²) in [6.45, 7) is 0.474. The first-order chi connectivity index (χ1) is 18.5. The van der Waals surface area contributed by atoms with Crippen LogP contribution >= 0.6 is 0 Å². The largest absolute Gasteiger partial charge is 0.493 e. The van der Waals surface area contributed by atoms with Gasteiger partial charge < -0.3 is 14.4 Å². The highest BCUT2D eigenvalue weighted by Gasteiger charge is 2.19. The topological polar surface area (TPSA) is 69.0 Å². The second kappa shape index (κ2) is 10.7. The average molecular weight is 511 g/mol. The van der Waals surface area contributed by atoms with Crippen LogP contribution < -0.4 is 9.47 Å². The van der Waals surface area contributed by atoms with Crippen molar-refractivity contribution in [2.45, 2.75) is 6.42 Å². The number of aromatic nitrogens is 3. The van der Waals surface area contributed by atoms with E-state index >= 15 is 0 Å². The van der Waals surface area contributed by atoms with Crippen molar-refractivity contribution in [3.63, 3.8) is 0 Å². The Bertz CT molecular complexity index is 1580. The first-order valence-electron chi connectivity index (χ1n) is 12.2. The smallest absolute Gasteiger partial charge is 0.272 e. The Labute approximate surface area is 220 Å². The number of amides is 1. The number of hydrogen-bond acceptors (Lipinski definition) is 5. The Kier molecular flexibility index (Phi) is 7.04. The van der Waals surface area contributed by atoms with Gasteiger partial charge in [-0.15, -0.1) is 0 Å². The molecule has 2 aromatic heterocycles. The molecule has 1 amide bonds. The molecule has 0 unspecified atom stereocenters. The molecule has 5 aromatic rings. The van der Waals surface area contributed by atoms with Crippen LogP contribution in [0.2, 0.25) is 0 Å². The van der Waals surface area contributed by atoms with Gasteiger partial charge in [0.15, 0.2) is 17.1 Å². The van der Waals surface area contributed by atoms with E-state index in [1.807, 2.05) is 54.6 Å². The Balaban J connectivity index is 1.47. The minimum absolute atomic E-state index is 0.223. The summed E-state index contributed by atoms with van der Waals surface area (Å²) in [5.41, 5.74) is 4.86. The molecular formula is C30H27FN4O3. The van der Waals surface area contributed by atoms with Crippen molar-refractivity contribution in [1.82, 2.24) is 19.5 Å². The summed E-state index contributed by atoms with van der Waals surface area (Å²) in [5, 5.41) is 4.75. The number of carbonyl (C=O) groups is 1. The van der Waals surface area contributed by atoms with Gasteiger partial charge in [0.25, 0.3) is 5.91 Å². The molecule has 8 heteroatoms. The Morgan fingerprint density at radius 3 is 2.34 bits per heavy atom. The van der Waals surface area contributed by atoms with Gasteiger partial charge in [-0.1, -0.05) is 36.4 Å². The molecule has 0 N–H and O–H groups in total. The van der Waals surface area contributed by atoms with Crippen molar-refractivity contribution >= 4 is 11.6 Å². The fourth-order valence-corrected chi connectivity index (χ4v) is 4.29. The van der Waals surface area contributed by atoms with E-state index in [4.69, 9.17) is 14.6 Å². The third-order valence-corrected chi connectivity index (χ3v) is 6.39. The number of hydrogen-bond donors (Lipinski definition) is 0. The second-order valence-electron chi connectivity index (χ2n) is 8.87. The first kappa shape index (κ1) is 25.0. The van der Waals surface area contributed by atoms with E-state index in [0.717, 1.165) is 22.4 Å².